The van der Waals surface area contributed by atoms with Crippen molar-refractivity contribution in [2.24, 2.45) is 5.92 Å². The highest BCUT2D eigenvalue weighted by Crippen LogP contribution is 2.39. The number of likely N-dealkylation sites (tertiary alicyclic amines) is 1. The molecule has 4 aliphatic heterocycles. The fourth-order valence-electron chi connectivity index (χ4n) is 11.2. The first-order valence-electron chi connectivity index (χ1n) is 26.1. The van der Waals surface area contributed by atoms with E-state index in [4.69, 9.17) is 26.3 Å². The van der Waals surface area contributed by atoms with Gasteiger partial charge in [-0.25, -0.2) is 0 Å². The number of rotatable bonds is 14. The number of hydrogen-bond donors (Lipinski definition) is 3. The number of nitrogens with one attached hydrogen (secondary N) is 1. The molecule has 0 aliphatic carbocycles. The number of carbonyl (C=O) groups is 3. The molecule has 0 unspecified atom stereocenters. The minimum Gasteiger partial charge on any atom is -0.508 e. The lowest BCUT2D eigenvalue weighted by atomic mass is 10.0. The second kappa shape index (κ2) is 22.8. The van der Waals surface area contributed by atoms with Gasteiger partial charge in [-0.1, -0.05) is 54.6 Å². The van der Waals surface area contributed by atoms with Gasteiger partial charge in [0.15, 0.2) is 5.82 Å². The first-order valence-corrected chi connectivity index (χ1v) is 26.5. The average Bonchev–Trinajstić information content (AvgIpc) is 4.16. The van der Waals surface area contributed by atoms with Crippen molar-refractivity contribution in [2.75, 3.05) is 88.9 Å². The highest BCUT2D eigenvalue weighted by Gasteiger charge is 2.39. The molecule has 19 nitrogen and oxygen atoms in total. The summed E-state index contributed by atoms with van der Waals surface area (Å²) in [6.07, 6.45) is -2.01. The SMILES string of the molecule is C=CC(=O)N1CCN(c2nc(OC[C@@H]3C[C@H](C(=O)N4CCN(Cc5ccc(-n6c(C(=O)NCC(F)(F)F)nnc6-c6cc(C)c(O)cc6O)cc5)CC4)CN3C)nc3c2CCN(c2cccc4cccc(Cl)c24)C3)C[C@@H]1CC#N. The number of nitrogens with zero attached hydrogens (tertiary/aromatic N) is 12. The normalized spacial score (nSPS) is 19.1. The van der Waals surface area contributed by atoms with Gasteiger partial charge in [-0.3, -0.25) is 28.8 Å². The van der Waals surface area contributed by atoms with Crippen LogP contribution in [-0.4, -0.2) is 170 Å². The van der Waals surface area contributed by atoms with Gasteiger partial charge in [-0.05, 0) is 79.7 Å². The summed E-state index contributed by atoms with van der Waals surface area (Å²) in [6.45, 7) is 9.75. The molecule has 6 heterocycles. The van der Waals surface area contributed by atoms with Gasteiger partial charge in [0.25, 0.3) is 5.91 Å². The number of aromatic nitrogens is 5. The van der Waals surface area contributed by atoms with Crippen LogP contribution in [0, 0.1) is 24.2 Å². The summed E-state index contributed by atoms with van der Waals surface area (Å²) in [7, 11) is 1.99. The molecule has 6 aromatic rings. The van der Waals surface area contributed by atoms with Crippen molar-refractivity contribution in [3.05, 3.63) is 119 Å². The van der Waals surface area contributed by atoms with E-state index >= 15 is 0 Å². The van der Waals surface area contributed by atoms with Crippen LogP contribution in [0.15, 0.2) is 85.5 Å². The fraction of sp³-hybridized carbons (Fsp3) is 0.393. The molecule has 0 bridgehead atoms. The number of likely N-dealkylation sites (N-methyl/N-ethyl adjacent to an activating group) is 1. The number of phenolic OH excluding ortho intramolecular Hbond substituents is 2. The Labute approximate surface area is 459 Å². The van der Waals surface area contributed by atoms with Gasteiger partial charge in [0.1, 0.15) is 30.5 Å². The maximum absolute atomic E-state index is 14.1. The molecule has 2 aromatic heterocycles. The lowest BCUT2D eigenvalue weighted by Crippen LogP contribution is -2.55. The summed E-state index contributed by atoms with van der Waals surface area (Å²) >= 11 is 6.80. The number of benzene rings is 4. The molecule has 412 valence electrons. The molecule has 4 aliphatic rings. The number of hydrogen-bond acceptors (Lipinski definition) is 15. The number of phenols is 2. The Bertz CT molecular complexity index is 3340. The molecular weight excluding hydrogens is 1040 g/mol. The molecule has 3 saturated heterocycles. The van der Waals surface area contributed by atoms with Crippen LogP contribution in [0.1, 0.15) is 45.8 Å². The van der Waals surface area contributed by atoms with Crippen LogP contribution in [0.5, 0.6) is 17.5 Å². The van der Waals surface area contributed by atoms with Gasteiger partial charge < -0.3 is 39.9 Å². The fourth-order valence-corrected chi connectivity index (χ4v) is 11.5. The van der Waals surface area contributed by atoms with E-state index in [0.717, 1.165) is 45.2 Å². The van der Waals surface area contributed by atoms with Crippen molar-refractivity contribution in [2.45, 2.75) is 57.5 Å². The molecule has 0 saturated carbocycles. The van der Waals surface area contributed by atoms with Crippen LogP contribution in [0.4, 0.5) is 24.7 Å². The summed E-state index contributed by atoms with van der Waals surface area (Å²) in [5.74, 6) is -1.79. The number of anilines is 2. The van der Waals surface area contributed by atoms with Crippen LogP contribution in [0.25, 0.3) is 27.8 Å². The molecule has 23 heteroatoms. The summed E-state index contributed by atoms with van der Waals surface area (Å²) in [5.41, 5.74) is 4.55. The van der Waals surface area contributed by atoms with Gasteiger partial charge in [0.05, 0.1) is 47.3 Å². The third-order valence-corrected chi connectivity index (χ3v) is 15.7. The van der Waals surface area contributed by atoms with Crippen LogP contribution in [-0.2, 0) is 29.1 Å². The van der Waals surface area contributed by atoms with Crippen molar-refractivity contribution < 1.29 is 42.5 Å². The molecular formula is C56H59ClF3N13O6. The number of alkyl halides is 3. The largest absolute Gasteiger partial charge is 0.508 e. The zero-order valence-electron chi connectivity index (χ0n) is 43.7. The Morgan fingerprint density at radius 2 is 1.68 bits per heavy atom. The van der Waals surface area contributed by atoms with Gasteiger partial charge >= 0.3 is 12.2 Å². The average molecular weight is 1100 g/mol. The van der Waals surface area contributed by atoms with Crippen LogP contribution < -0.4 is 19.9 Å². The Hall–Kier alpha value is -8.00. The lowest BCUT2D eigenvalue weighted by molar-refractivity contribution is -0.137. The third kappa shape index (κ3) is 11.6. The zero-order chi connectivity index (χ0) is 55.7. The van der Waals surface area contributed by atoms with Crippen LogP contribution >= 0.6 is 11.6 Å². The van der Waals surface area contributed by atoms with Crippen molar-refractivity contribution in [3.8, 4) is 40.7 Å². The van der Waals surface area contributed by atoms with Crippen molar-refractivity contribution in [3.63, 3.8) is 0 Å². The maximum atomic E-state index is 14.1. The van der Waals surface area contributed by atoms with E-state index in [1.54, 1.807) is 24.0 Å². The summed E-state index contributed by atoms with van der Waals surface area (Å²) in [5, 5.41) is 43.1. The second-order valence-corrected chi connectivity index (χ2v) is 20.9. The summed E-state index contributed by atoms with van der Waals surface area (Å²) in [4.78, 5) is 62.5. The first-order chi connectivity index (χ1) is 38.0. The van der Waals surface area contributed by atoms with Gasteiger partial charge in [-0.2, -0.15) is 28.4 Å². The summed E-state index contributed by atoms with van der Waals surface area (Å²) in [6, 6.07) is 23.6. The Kier molecular flexibility index (Phi) is 15.7. The monoisotopic (exact) mass is 1100 g/mol. The van der Waals surface area contributed by atoms with Crippen molar-refractivity contribution in [1.29, 1.82) is 5.26 Å². The molecule has 0 spiro atoms. The quantitative estimate of drug-likeness (QED) is 0.103. The minimum atomic E-state index is -4.67. The highest BCUT2D eigenvalue weighted by atomic mass is 35.5. The maximum Gasteiger partial charge on any atom is 0.405 e. The lowest BCUT2D eigenvalue weighted by Gasteiger charge is -2.42. The molecule has 10 rings (SSSR count). The van der Waals surface area contributed by atoms with Crippen LogP contribution in [0.3, 0.4) is 0 Å². The topological polar surface area (TPSA) is 213 Å². The molecule has 3 N–H and O–H groups in total. The number of aryl methyl sites for hydroxylation is 1. The van der Waals surface area contributed by atoms with E-state index in [0.29, 0.717) is 101 Å². The molecule has 3 atom stereocenters. The minimum absolute atomic E-state index is 0.0224. The van der Waals surface area contributed by atoms with Gasteiger partial charge in [0, 0.05) is 99.9 Å². The smallest absolute Gasteiger partial charge is 0.405 e. The predicted octanol–water partition coefficient (Wildman–Crippen LogP) is 6.27. The number of piperazine rings is 2. The molecule has 79 heavy (non-hydrogen) atoms. The predicted molar refractivity (Wildman–Crippen MR) is 289 cm³/mol. The van der Waals surface area contributed by atoms with Crippen molar-refractivity contribution in [1.82, 2.24) is 49.6 Å². The van der Waals surface area contributed by atoms with E-state index in [9.17, 15) is 43.0 Å². The van der Waals surface area contributed by atoms with E-state index < -0.39 is 24.5 Å². The van der Waals surface area contributed by atoms with E-state index in [1.807, 2.05) is 59.7 Å². The number of nitriles is 1. The number of aromatic hydroxyl groups is 2. The third-order valence-electron chi connectivity index (χ3n) is 15.4. The molecule has 0 radical (unpaired) electrons. The van der Waals surface area contributed by atoms with Crippen molar-refractivity contribution >= 4 is 51.6 Å². The zero-order valence-corrected chi connectivity index (χ0v) is 44.4. The molecule has 3 fully saturated rings. The number of halogens is 4. The number of ether oxygens (including phenoxy) is 1. The molecule has 3 amide bonds. The standard InChI is InChI=1S/C56H59ClF3N13O6/c1-4-48(76)72-24-23-71(30-39(72)15-17-61)50-41-16-18-70(45-10-6-8-36-7-5-9-43(57)49(36)45)31-44(41)63-55(64-50)79-32-40-26-37(29-67(40)3)54(78)69-21-19-68(20-22-69)28-35-11-13-38(14-12-35)73-51(42-25-34(2)46(74)27-47(42)75)65-66-52(73)53(77)62-33-56(58,59)60/h4-14,25,27,37,39-40,74-75H,1,15-16,18-24,26,28-33H2,2-3H3,(H,62,77)/t37-,39-,40-/m0/s1. The van der Waals surface area contributed by atoms with E-state index in [2.05, 4.69) is 48.5 Å². The summed E-state index contributed by atoms with van der Waals surface area (Å²) < 4.78 is 47.0. The molecule has 4 aromatic carbocycles. The van der Waals surface area contributed by atoms with E-state index in [-0.39, 0.29) is 71.7 Å². The number of amides is 3. The Balaban J connectivity index is 0.790. The van der Waals surface area contributed by atoms with Gasteiger partial charge in [-0.15, -0.1) is 10.2 Å². The highest BCUT2D eigenvalue weighted by molar-refractivity contribution is 6.36. The van der Waals surface area contributed by atoms with Gasteiger partial charge in [0.2, 0.25) is 17.6 Å². The number of fused-ring (bicyclic) bond motifs is 2. The Morgan fingerprint density at radius 1 is 0.924 bits per heavy atom. The second-order valence-electron chi connectivity index (χ2n) is 20.5. The van der Waals surface area contributed by atoms with Crippen LogP contribution in [0.2, 0.25) is 5.02 Å². The van der Waals surface area contributed by atoms with E-state index in [1.165, 1.54) is 16.7 Å². The number of carbonyl (C=O) groups excluding carboxylic acids is 3. The Morgan fingerprint density at radius 3 is 2.42 bits per heavy atom. The first kappa shape index (κ1) is 54.4.